The fourth-order valence-corrected chi connectivity index (χ4v) is 3.58. The highest BCUT2D eigenvalue weighted by Crippen LogP contribution is 2.33. The van der Waals surface area contributed by atoms with Crippen molar-refractivity contribution in [2.75, 3.05) is 5.32 Å². The highest BCUT2D eigenvalue weighted by atomic mass is 19.1. The number of furan rings is 1. The van der Waals surface area contributed by atoms with Crippen LogP contribution < -0.4 is 10.1 Å². The molecule has 4 rings (SSSR count). The summed E-state index contributed by atoms with van der Waals surface area (Å²) in [6.07, 6.45) is -0.831. The zero-order chi connectivity index (χ0) is 24.5. The monoisotopic (exact) mass is 459 g/mol. The largest absolute Gasteiger partial charge is 0.481 e. The van der Waals surface area contributed by atoms with Crippen LogP contribution in [0, 0.1) is 5.82 Å². The Balaban J connectivity index is 1.58. The summed E-state index contributed by atoms with van der Waals surface area (Å²) in [5, 5.41) is 3.38. The zero-order valence-electron chi connectivity index (χ0n) is 19.5. The molecule has 0 unspecified atom stereocenters. The maximum absolute atomic E-state index is 13.3. The quantitative estimate of drug-likeness (QED) is 0.334. The molecule has 1 aromatic heterocycles. The molecule has 5 nitrogen and oxygen atoms in total. The smallest absolute Gasteiger partial charge is 0.265 e. The van der Waals surface area contributed by atoms with Crippen LogP contribution in [0.4, 0.5) is 10.1 Å². The Bertz CT molecular complexity index is 1330. The van der Waals surface area contributed by atoms with Gasteiger partial charge in [0, 0.05) is 10.9 Å². The number of benzene rings is 3. The third kappa shape index (κ3) is 4.86. The van der Waals surface area contributed by atoms with Gasteiger partial charge in [0.1, 0.15) is 17.1 Å². The molecule has 0 fully saturated rings. The van der Waals surface area contributed by atoms with E-state index >= 15 is 0 Å². The van der Waals surface area contributed by atoms with Crippen LogP contribution in [0.3, 0.4) is 0 Å². The van der Waals surface area contributed by atoms with Gasteiger partial charge in [0.15, 0.2) is 11.9 Å². The van der Waals surface area contributed by atoms with Crippen molar-refractivity contribution in [2.45, 2.75) is 39.2 Å². The number of fused-ring (bicyclic) bond motifs is 1. The van der Waals surface area contributed by atoms with Gasteiger partial charge in [-0.25, -0.2) is 4.39 Å². The number of anilines is 1. The minimum Gasteiger partial charge on any atom is -0.481 e. The van der Waals surface area contributed by atoms with E-state index in [2.05, 4.69) is 26.1 Å². The van der Waals surface area contributed by atoms with Gasteiger partial charge in [-0.3, -0.25) is 9.59 Å². The molecule has 1 heterocycles. The number of hydrogen-bond donors (Lipinski definition) is 1. The number of para-hydroxylation sites is 1. The minimum atomic E-state index is -0.831. The van der Waals surface area contributed by atoms with Crippen LogP contribution in [0.5, 0.6) is 5.75 Å². The Morgan fingerprint density at radius 1 is 0.941 bits per heavy atom. The molecule has 1 N–H and O–H groups in total. The van der Waals surface area contributed by atoms with Gasteiger partial charge >= 0.3 is 0 Å². The lowest BCUT2D eigenvalue weighted by Gasteiger charge is -2.20. The fraction of sp³-hybridized carbons (Fsp3) is 0.214. The van der Waals surface area contributed by atoms with Gasteiger partial charge < -0.3 is 14.5 Å². The first kappa shape index (κ1) is 23.2. The molecular formula is C28H26FNO4. The van der Waals surface area contributed by atoms with Crippen molar-refractivity contribution >= 4 is 28.3 Å². The summed E-state index contributed by atoms with van der Waals surface area (Å²) < 4.78 is 24.9. The Morgan fingerprint density at radius 3 is 2.24 bits per heavy atom. The van der Waals surface area contributed by atoms with E-state index in [9.17, 15) is 14.0 Å². The molecule has 4 aromatic rings. The molecule has 0 aliphatic carbocycles. The highest BCUT2D eigenvalue weighted by molar-refractivity contribution is 6.17. The molecule has 0 bridgehead atoms. The summed E-state index contributed by atoms with van der Waals surface area (Å²) in [6, 6.07) is 19.8. The van der Waals surface area contributed by atoms with Crippen LogP contribution in [0.1, 0.15) is 49.4 Å². The molecule has 0 spiro atoms. The number of carbonyl (C=O) groups is 2. The molecule has 0 saturated carbocycles. The third-order valence-corrected chi connectivity index (χ3v) is 5.56. The average Bonchev–Trinajstić information content (AvgIpc) is 3.17. The predicted octanol–water partition coefficient (Wildman–Crippen LogP) is 6.51. The fourth-order valence-electron chi connectivity index (χ4n) is 3.58. The van der Waals surface area contributed by atoms with E-state index in [-0.39, 0.29) is 22.4 Å². The topological polar surface area (TPSA) is 68.5 Å². The summed E-state index contributed by atoms with van der Waals surface area (Å²) in [5.41, 5.74) is 2.13. The normalized spacial score (nSPS) is 12.4. The number of rotatable bonds is 6. The van der Waals surface area contributed by atoms with Crippen molar-refractivity contribution in [3.05, 3.63) is 95.5 Å². The first-order valence-electron chi connectivity index (χ1n) is 11.0. The second-order valence-electron chi connectivity index (χ2n) is 9.16. The molecule has 0 aliphatic rings. The minimum absolute atomic E-state index is 0.0112. The van der Waals surface area contributed by atoms with Crippen LogP contribution in [0.2, 0.25) is 0 Å². The lowest BCUT2D eigenvalue weighted by molar-refractivity contribution is -0.122. The van der Waals surface area contributed by atoms with Crippen molar-refractivity contribution < 1.29 is 23.1 Å². The molecule has 34 heavy (non-hydrogen) atoms. The maximum atomic E-state index is 13.3. The number of nitrogens with one attached hydrogen (secondary N) is 1. The van der Waals surface area contributed by atoms with Crippen LogP contribution in [0.15, 0.2) is 77.2 Å². The number of ether oxygens (including phenoxy) is 1. The van der Waals surface area contributed by atoms with E-state index < -0.39 is 23.6 Å². The molecule has 0 radical (unpaired) electrons. The van der Waals surface area contributed by atoms with Gasteiger partial charge in [0.2, 0.25) is 5.78 Å². The Morgan fingerprint density at radius 2 is 1.59 bits per heavy atom. The Hall–Kier alpha value is -3.93. The van der Waals surface area contributed by atoms with Crippen LogP contribution >= 0.6 is 0 Å². The standard InChI is InChI=1S/C28H26FNO4/c1-17(33-21-15-11-19(12-16-21)28(2,3)4)27(32)30-24-22-7-5-6-8-23(22)34-26(24)25(31)18-9-13-20(29)14-10-18/h5-17H,1-4H3,(H,30,32)/t17-/m1/s1. The van der Waals surface area contributed by atoms with Crippen molar-refractivity contribution in [3.8, 4) is 5.75 Å². The molecule has 1 atom stereocenters. The number of amides is 1. The van der Waals surface area contributed by atoms with E-state index in [1.807, 2.05) is 24.3 Å². The van der Waals surface area contributed by atoms with Gasteiger partial charge in [0.25, 0.3) is 5.91 Å². The van der Waals surface area contributed by atoms with Gasteiger partial charge in [-0.1, -0.05) is 45.0 Å². The van der Waals surface area contributed by atoms with E-state index in [1.165, 1.54) is 24.3 Å². The van der Waals surface area contributed by atoms with Crippen molar-refractivity contribution in [3.63, 3.8) is 0 Å². The molecular weight excluding hydrogens is 433 g/mol. The van der Waals surface area contributed by atoms with E-state index in [0.717, 1.165) is 5.56 Å². The van der Waals surface area contributed by atoms with Gasteiger partial charge in [-0.15, -0.1) is 0 Å². The zero-order valence-corrected chi connectivity index (χ0v) is 19.5. The average molecular weight is 460 g/mol. The molecule has 0 saturated heterocycles. The Labute approximate surface area is 197 Å². The summed E-state index contributed by atoms with van der Waals surface area (Å²) in [7, 11) is 0. The van der Waals surface area contributed by atoms with Crippen LogP contribution in [-0.4, -0.2) is 17.8 Å². The van der Waals surface area contributed by atoms with Crippen molar-refractivity contribution in [1.29, 1.82) is 0 Å². The van der Waals surface area contributed by atoms with E-state index in [0.29, 0.717) is 16.7 Å². The van der Waals surface area contributed by atoms with Gasteiger partial charge in [0.05, 0.1) is 5.69 Å². The van der Waals surface area contributed by atoms with Crippen molar-refractivity contribution in [1.82, 2.24) is 0 Å². The summed E-state index contributed by atoms with van der Waals surface area (Å²) in [4.78, 5) is 26.1. The molecule has 6 heteroatoms. The predicted molar refractivity (Wildman–Crippen MR) is 130 cm³/mol. The Kier molecular flexibility index (Phi) is 6.24. The number of hydrogen-bond acceptors (Lipinski definition) is 4. The summed E-state index contributed by atoms with van der Waals surface area (Å²) in [5.74, 6) is -0.799. The van der Waals surface area contributed by atoms with E-state index in [4.69, 9.17) is 9.15 Å². The number of carbonyl (C=O) groups excluding carboxylic acids is 2. The second-order valence-corrected chi connectivity index (χ2v) is 9.16. The highest BCUT2D eigenvalue weighted by Gasteiger charge is 2.25. The number of halogens is 1. The lowest BCUT2D eigenvalue weighted by atomic mass is 9.87. The summed E-state index contributed by atoms with van der Waals surface area (Å²) in [6.45, 7) is 8.01. The molecule has 3 aromatic carbocycles. The summed E-state index contributed by atoms with van der Waals surface area (Å²) >= 11 is 0. The molecule has 0 aliphatic heterocycles. The second kappa shape index (κ2) is 9.14. The van der Waals surface area contributed by atoms with Gasteiger partial charge in [-0.2, -0.15) is 0 Å². The van der Waals surface area contributed by atoms with Crippen LogP contribution in [-0.2, 0) is 10.2 Å². The molecule has 1 amide bonds. The third-order valence-electron chi connectivity index (χ3n) is 5.56. The number of ketones is 1. The maximum Gasteiger partial charge on any atom is 0.265 e. The van der Waals surface area contributed by atoms with Crippen LogP contribution in [0.25, 0.3) is 11.0 Å². The first-order chi connectivity index (χ1) is 16.1. The van der Waals surface area contributed by atoms with Gasteiger partial charge in [-0.05, 0) is 66.4 Å². The van der Waals surface area contributed by atoms with E-state index in [1.54, 1.807) is 31.2 Å². The molecule has 174 valence electrons. The SMILES string of the molecule is C[C@@H](Oc1ccc(C(C)(C)C)cc1)C(=O)Nc1c(C(=O)c2ccc(F)cc2)oc2ccccc12. The first-order valence-corrected chi connectivity index (χ1v) is 11.0. The van der Waals surface area contributed by atoms with Crippen molar-refractivity contribution in [2.24, 2.45) is 0 Å². The lowest BCUT2D eigenvalue weighted by Crippen LogP contribution is -2.30.